The summed E-state index contributed by atoms with van der Waals surface area (Å²) < 4.78 is 76.4. The van der Waals surface area contributed by atoms with Crippen LogP contribution in [-0.4, -0.2) is 75.1 Å². The summed E-state index contributed by atoms with van der Waals surface area (Å²) in [6.45, 7) is 2.85. The van der Waals surface area contributed by atoms with Gasteiger partial charge in [0.1, 0.15) is 36.2 Å². The first-order chi connectivity index (χ1) is 26.4. The maximum atomic E-state index is 15.3. The molecule has 17 nitrogen and oxygen atoms in total. The number of nitriles is 1. The lowest BCUT2D eigenvalue weighted by Crippen LogP contribution is -2.42. The van der Waals surface area contributed by atoms with Crippen LogP contribution in [0.4, 0.5) is 19.4 Å². The van der Waals surface area contributed by atoms with Crippen molar-refractivity contribution in [3.05, 3.63) is 112 Å². The minimum atomic E-state index is -4.92. The number of aliphatic hydroxyl groups is 1. The highest BCUT2D eigenvalue weighted by Gasteiger charge is 2.43. The fourth-order valence-corrected chi connectivity index (χ4v) is 6.22. The second-order valence-corrected chi connectivity index (χ2v) is 13.8. The molecule has 3 aromatic heterocycles. The molecule has 0 radical (unpaired) electrons. The number of anilines is 1. The number of esters is 1. The molecule has 0 saturated heterocycles. The van der Waals surface area contributed by atoms with Crippen LogP contribution in [0.25, 0.3) is 11.3 Å². The van der Waals surface area contributed by atoms with Gasteiger partial charge in [0.2, 0.25) is 23.0 Å². The van der Waals surface area contributed by atoms with Gasteiger partial charge in [-0.1, -0.05) is 25.1 Å². The van der Waals surface area contributed by atoms with E-state index in [2.05, 4.69) is 21.5 Å². The minimum absolute atomic E-state index is 0.0229. The van der Waals surface area contributed by atoms with Crippen LogP contribution in [0.3, 0.4) is 0 Å². The van der Waals surface area contributed by atoms with E-state index in [4.69, 9.17) is 37.2 Å². The fraction of sp³-hybridized carbons (Fsp3) is 0.286. The first-order valence-electron chi connectivity index (χ1n) is 16.4. The molecule has 3 N–H and O–H groups in total. The third-order valence-corrected chi connectivity index (χ3v) is 9.20. The Kier molecular flexibility index (Phi) is 14.4. The quantitative estimate of drug-likeness (QED) is 0.0667. The van der Waals surface area contributed by atoms with Crippen LogP contribution in [0, 0.1) is 23.0 Å². The van der Waals surface area contributed by atoms with Gasteiger partial charge in [0.25, 0.3) is 6.33 Å². The second-order valence-electron chi connectivity index (χ2n) is 12.1. The number of aromatic nitrogens is 5. The van der Waals surface area contributed by atoms with Crippen molar-refractivity contribution in [2.24, 2.45) is 0 Å². The van der Waals surface area contributed by atoms with E-state index < -0.39 is 51.8 Å². The van der Waals surface area contributed by atoms with Crippen molar-refractivity contribution in [3.8, 4) is 17.3 Å². The van der Waals surface area contributed by atoms with E-state index in [1.807, 2.05) is 0 Å². The lowest BCUT2D eigenvalue weighted by atomic mass is 9.82. The predicted octanol–water partition coefficient (Wildman–Crippen LogP) is 3.59. The summed E-state index contributed by atoms with van der Waals surface area (Å²) in [5.41, 5.74) is 0.000750. The van der Waals surface area contributed by atoms with Gasteiger partial charge in [0, 0.05) is 53.3 Å². The molecule has 0 bridgehead atoms. The van der Waals surface area contributed by atoms with Gasteiger partial charge in [-0.3, -0.25) is 14.2 Å². The van der Waals surface area contributed by atoms with Crippen molar-refractivity contribution in [3.63, 3.8) is 0 Å². The van der Waals surface area contributed by atoms with Crippen LogP contribution in [0.1, 0.15) is 47.7 Å². The van der Waals surface area contributed by atoms with Gasteiger partial charge >= 0.3 is 12.1 Å². The molecule has 2 aromatic carbocycles. The molecule has 0 fully saturated rings. The van der Waals surface area contributed by atoms with Crippen molar-refractivity contribution in [1.29, 1.82) is 5.26 Å². The van der Waals surface area contributed by atoms with E-state index in [0.717, 1.165) is 23.8 Å². The molecule has 0 aliphatic carbocycles. The lowest BCUT2D eigenvalue weighted by molar-refractivity contribution is -0.753. The average molecular weight is 815 g/mol. The number of nitrogens with zero attached hydrogens (tertiary/aromatic N) is 7. The Bertz CT molecular complexity index is 2290. The summed E-state index contributed by atoms with van der Waals surface area (Å²) in [7, 11) is -1.84. The van der Waals surface area contributed by atoms with E-state index in [1.165, 1.54) is 51.4 Å². The van der Waals surface area contributed by atoms with Crippen molar-refractivity contribution in [2.75, 3.05) is 25.5 Å². The third kappa shape index (κ3) is 11.4. The Morgan fingerprint density at radius 2 is 1.89 bits per heavy atom. The molecule has 1 amide bonds. The van der Waals surface area contributed by atoms with Crippen LogP contribution in [0.2, 0.25) is 0 Å². The number of hydrogen-bond donors (Lipinski definition) is 3. The first-order valence-corrected chi connectivity index (χ1v) is 18.6. The number of thiazole rings is 1. The molecule has 3 atom stereocenters. The SMILES string of the molecule is CNCC(=O)OCc1cccnc1N(C)C(=O)OC(C)[n+]1cnn(CC(O)(c2cc(F)ccc2F)[C@@H](C)c2nc(-c3ccc(C#N)cc3)cs2)c1.O=S(=O)([O-])O. The molecule has 296 valence electrons. The van der Waals surface area contributed by atoms with Crippen molar-refractivity contribution < 1.29 is 55.0 Å². The van der Waals surface area contributed by atoms with Gasteiger partial charge in [-0.2, -0.15) is 9.83 Å². The molecule has 2 unspecified atom stereocenters. The van der Waals surface area contributed by atoms with Crippen LogP contribution in [0.5, 0.6) is 0 Å². The number of rotatable bonds is 13. The number of ether oxygens (including phenoxy) is 2. The number of likely N-dealkylation sites (N-methyl/N-ethyl adjacent to an activating group) is 1. The maximum absolute atomic E-state index is 15.3. The van der Waals surface area contributed by atoms with Gasteiger partial charge in [-0.15, -0.1) is 16.0 Å². The Morgan fingerprint density at radius 3 is 2.55 bits per heavy atom. The van der Waals surface area contributed by atoms with Crippen molar-refractivity contribution in [2.45, 2.75) is 44.7 Å². The standard InChI is InChI=1S/C35H35F2N8O5S.H2O4S/c1-22(33-42-30(18-51-33)25-9-7-24(15-38)8-10-25)35(48,28-14-27(36)11-12-29(28)37)19-45-21-44(20-41-45)23(2)50-34(47)43(4)32-26(6-5-13-40-32)17-49-31(46)16-39-3;1-5(2,3)4/h5-14,18,20-23,39,48H,16-17,19H2,1-4H3;(H2,1,2,3,4)/q+1;/p-1/t22-,23?,35?;/m0./s1. The Hall–Kier alpha value is -5.76. The molecule has 5 rings (SSSR count). The molecular weight excluding hydrogens is 779 g/mol. The van der Waals surface area contributed by atoms with Crippen LogP contribution in [0.15, 0.2) is 78.8 Å². The normalized spacial score (nSPS) is 13.3. The Balaban J connectivity index is 0.00000131. The summed E-state index contributed by atoms with van der Waals surface area (Å²) in [4.78, 5) is 35.1. The van der Waals surface area contributed by atoms with Crippen LogP contribution < -0.4 is 14.8 Å². The van der Waals surface area contributed by atoms with Crippen LogP contribution in [-0.2, 0) is 43.4 Å². The molecule has 0 spiro atoms. The number of pyridine rings is 1. The highest BCUT2D eigenvalue weighted by Crippen LogP contribution is 2.41. The number of benzene rings is 2. The molecular formula is C35H36F2N8O9S2. The monoisotopic (exact) mass is 814 g/mol. The number of carbonyl (C=O) groups excluding carboxylic acids is 2. The van der Waals surface area contributed by atoms with Gasteiger partial charge in [-0.25, -0.2) is 32.0 Å². The highest BCUT2D eigenvalue weighted by molar-refractivity contribution is 7.79. The summed E-state index contributed by atoms with van der Waals surface area (Å²) in [6.07, 6.45) is 2.65. The number of nitrogens with one attached hydrogen (secondary N) is 1. The smallest absolute Gasteiger partial charge is 0.418 e. The van der Waals surface area contributed by atoms with Gasteiger partial charge in [-0.05, 0) is 43.4 Å². The highest BCUT2D eigenvalue weighted by atomic mass is 32.3. The van der Waals surface area contributed by atoms with Crippen molar-refractivity contribution in [1.82, 2.24) is 25.1 Å². The summed E-state index contributed by atoms with van der Waals surface area (Å²) in [6, 6.07) is 15.1. The number of hydrogen-bond acceptors (Lipinski definition) is 14. The molecule has 3 heterocycles. The number of amides is 1. The first kappa shape index (κ1) is 43.0. The summed E-state index contributed by atoms with van der Waals surface area (Å²) in [5, 5.41) is 30.6. The fourth-order valence-electron chi connectivity index (χ4n) is 5.25. The van der Waals surface area contributed by atoms with E-state index >= 15 is 4.39 Å². The average Bonchev–Trinajstić information content (AvgIpc) is 3.84. The van der Waals surface area contributed by atoms with E-state index in [-0.39, 0.29) is 31.1 Å². The predicted molar refractivity (Wildman–Crippen MR) is 193 cm³/mol. The third-order valence-electron chi connectivity index (χ3n) is 8.18. The molecule has 0 aliphatic heterocycles. The van der Waals surface area contributed by atoms with Crippen molar-refractivity contribution >= 4 is 39.6 Å². The topological polar surface area (TPSA) is 237 Å². The molecule has 0 saturated carbocycles. The lowest BCUT2D eigenvalue weighted by Gasteiger charge is -2.32. The molecule has 5 aromatic rings. The second kappa shape index (κ2) is 18.7. The van der Waals surface area contributed by atoms with E-state index in [0.29, 0.717) is 21.8 Å². The maximum Gasteiger partial charge on any atom is 0.418 e. The molecule has 21 heteroatoms. The largest absolute Gasteiger partial charge is 0.726 e. The number of carbonyl (C=O) groups is 2. The van der Waals surface area contributed by atoms with Gasteiger partial charge in [0.15, 0.2) is 0 Å². The zero-order valence-electron chi connectivity index (χ0n) is 30.2. The Morgan fingerprint density at radius 1 is 1.20 bits per heavy atom. The zero-order chi connectivity index (χ0) is 41.2. The van der Waals surface area contributed by atoms with Gasteiger partial charge in [0.05, 0.1) is 28.9 Å². The zero-order valence-corrected chi connectivity index (χ0v) is 31.9. The Labute approximate surface area is 324 Å². The van der Waals surface area contributed by atoms with E-state index in [1.54, 1.807) is 62.7 Å². The van der Waals surface area contributed by atoms with Crippen LogP contribution >= 0.6 is 11.3 Å². The summed E-state index contributed by atoms with van der Waals surface area (Å²) in [5.74, 6) is -2.64. The summed E-state index contributed by atoms with van der Waals surface area (Å²) >= 11 is 1.25. The number of halogens is 2. The van der Waals surface area contributed by atoms with Gasteiger partial charge < -0.3 is 24.4 Å². The molecule has 0 aliphatic rings. The van der Waals surface area contributed by atoms with E-state index in [9.17, 15) is 19.1 Å². The molecule has 56 heavy (non-hydrogen) atoms. The minimum Gasteiger partial charge on any atom is -0.726 e.